The first-order chi connectivity index (χ1) is 15.5. The van der Waals surface area contributed by atoms with Gasteiger partial charge in [0, 0.05) is 30.8 Å². The van der Waals surface area contributed by atoms with Gasteiger partial charge < -0.3 is 14.6 Å². The molecule has 0 aliphatic carbocycles. The van der Waals surface area contributed by atoms with Gasteiger partial charge in [-0.2, -0.15) is 0 Å². The molecule has 4 aromatic rings. The highest BCUT2D eigenvalue weighted by Crippen LogP contribution is 2.40. The number of thiazole rings is 1. The minimum Gasteiger partial charge on any atom is -0.504 e. The molecule has 5 nitrogen and oxygen atoms in total. The number of hydrogen-bond donors (Lipinski definition) is 1. The summed E-state index contributed by atoms with van der Waals surface area (Å²) in [5, 5.41) is 11.6. The lowest BCUT2D eigenvalue weighted by Gasteiger charge is -2.21. The van der Waals surface area contributed by atoms with E-state index in [-0.39, 0.29) is 5.75 Å². The highest BCUT2D eigenvalue weighted by atomic mass is 32.1. The lowest BCUT2D eigenvalue weighted by atomic mass is 10.0. The Labute approximate surface area is 191 Å². The van der Waals surface area contributed by atoms with Crippen LogP contribution in [-0.4, -0.2) is 35.3 Å². The topological polar surface area (TPSA) is 54.8 Å². The standard InChI is InChI=1S/C26H26N2O3S/c1-16-11-23(30-3)17(2)10-19(16)14-28-8-9-31-25-20(15-28)12-18(13-22(25)29)26-27-21-6-4-5-7-24(21)32-26/h4-7,10-13,29H,8-9,14-15H2,1-3H3. The SMILES string of the molecule is COc1cc(C)c(CN2CCOc3c(O)cc(-c4nc5ccccc5s4)cc3C2)cc1C. The van der Waals surface area contributed by atoms with Crippen LogP contribution in [0.25, 0.3) is 20.8 Å². The highest BCUT2D eigenvalue weighted by molar-refractivity contribution is 7.21. The zero-order valence-electron chi connectivity index (χ0n) is 18.5. The largest absolute Gasteiger partial charge is 0.504 e. The van der Waals surface area contributed by atoms with Crippen molar-refractivity contribution in [3.63, 3.8) is 0 Å². The van der Waals surface area contributed by atoms with Crippen molar-refractivity contribution in [3.8, 4) is 27.8 Å². The second-order valence-corrected chi connectivity index (χ2v) is 9.31. The van der Waals surface area contributed by atoms with Crippen molar-refractivity contribution in [1.82, 2.24) is 9.88 Å². The molecule has 1 aliphatic heterocycles. The number of methoxy groups -OCH3 is 1. The first-order valence-corrected chi connectivity index (χ1v) is 11.5. The number of aryl methyl sites for hydroxylation is 2. The van der Waals surface area contributed by atoms with Gasteiger partial charge in [0.05, 0.1) is 17.3 Å². The Morgan fingerprint density at radius 3 is 2.78 bits per heavy atom. The van der Waals surface area contributed by atoms with Crippen LogP contribution in [0.4, 0.5) is 0 Å². The Bertz CT molecular complexity index is 1260. The van der Waals surface area contributed by atoms with Crippen LogP contribution in [0.3, 0.4) is 0 Å². The minimum absolute atomic E-state index is 0.176. The zero-order valence-corrected chi connectivity index (χ0v) is 19.3. The molecule has 0 unspecified atom stereocenters. The van der Waals surface area contributed by atoms with E-state index in [1.54, 1.807) is 24.5 Å². The van der Waals surface area contributed by atoms with Crippen LogP contribution in [0.15, 0.2) is 48.5 Å². The quantitative estimate of drug-likeness (QED) is 0.436. The third-order valence-electron chi connectivity index (χ3n) is 5.98. The van der Waals surface area contributed by atoms with Crippen LogP contribution in [0, 0.1) is 13.8 Å². The Kier molecular flexibility index (Phi) is 5.49. The van der Waals surface area contributed by atoms with Gasteiger partial charge in [0.25, 0.3) is 0 Å². The van der Waals surface area contributed by atoms with E-state index in [0.29, 0.717) is 18.9 Å². The number of phenols is 1. The van der Waals surface area contributed by atoms with Crippen molar-refractivity contribution < 1.29 is 14.6 Å². The molecule has 1 N–H and O–H groups in total. The second kappa shape index (κ2) is 8.45. The molecule has 0 saturated carbocycles. The first-order valence-electron chi connectivity index (χ1n) is 10.7. The average Bonchev–Trinajstić information content (AvgIpc) is 3.11. The summed E-state index contributed by atoms with van der Waals surface area (Å²) in [6, 6.07) is 16.3. The molecule has 2 heterocycles. The smallest absolute Gasteiger partial charge is 0.165 e. The van der Waals surface area contributed by atoms with Gasteiger partial charge in [-0.1, -0.05) is 18.2 Å². The molecule has 1 aliphatic rings. The molecule has 3 aromatic carbocycles. The number of nitrogens with zero attached hydrogens (tertiary/aromatic N) is 2. The number of ether oxygens (including phenoxy) is 2. The van der Waals surface area contributed by atoms with E-state index < -0.39 is 0 Å². The molecule has 32 heavy (non-hydrogen) atoms. The molecule has 0 saturated heterocycles. The Morgan fingerprint density at radius 1 is 1.12 bits per heavy atom. The molecule has 6 heteroatoms. The van der Waals surface area contributed by atoms with Gasteiger partial charge in [-0.25, -0.2) is 4.98 Å². The summed E-state index contributed by atoms with van der Waals surface area (Å²) in [5.74, 6) is 1.68. The normalized spacial score (nSPS) is 14.1. The fourth-order valence-electron chi connectivity index (χ4n) is 4.29. The maximum atomic E-state index is 10.7. The molecule has 0 fully saturated rings. The van der Waals surface area contributed by atoms with Crippen molar-refractivity contribution in [3.05, 3.63) is 70.8 Å². The van der Waals surface area contributed by atoms with Crippen LogP contribution >= 0.6 is 11.3 Å². The molecule has 5 rings (SSSR count). The third-order valence-corrected chi connectivity index (χ3v) is 7.07. The summed E-state index contributed by atoms with van der Waals surface area (Å²) in [5.41, 5.74) is 6.51. The fraction of sp³-hybridized carbons (Fsp3) is 0.269. The average molecular weight is 447 g/mol. The van der Waals surface area contributed by atoms with E-state index in [2.05, 4.69) is 43.0 Å². The van der Waals surface area contributed by atoms with E-state index in [0.717, 1.165) is 50.8 Å². The van der Waals surface area contributed by atoms with Crippen molar-refractivity contribution in [1.29, 1.82) is 0 Å². The molecule has 0 atom stereocenters. The van der Waals surface area contributed by atoms with Gasteiger partial charge in [-0.05, 0) is 60.9 Å². The molecule has 0 amide bonds. The third kappa shape index (κ3) is 3.92. The van der Waals surface area contributed by atoms with Gasteiger partial charge in [0.1, 0.15) is 17.4 Å². The number of aromatic nitrogens is 1. The van der Waals surface area contributed by atoms with E-state index in [1.165, 1.54) is 11.1 Å². The molecular weight excluding hydrogens is 420 g/mol. The summed E-state index contributed by atoms with van der Waals surface area (Å²) >= 11 is 1.64. The van der Waals surface area contributed by atoms with Gasteiger partial charge in [0.15, 0.2) is 11.5 Å². The number of aromatic hydroxyl groups is 1. The molecule has 0 radical (unpaired) electrons. The van der Waals surface area contributed by atoms with Gasteiger partial charge >= 0.3 is 0 Å². The van der Waals surface area contributed by atoms with Crippen LogP contribution in [0.5, 0.6) is 17.2 Å². The molecule has 1 aromatic heterocycles. The van der Waals surface area contributed by atoms with E-state index in [1.807, 2.05) is 18.2 Å². The lowest BCUT2D eigenvalue weighted by Crippen LogP contribution is -2.25. The number of benzene rings is 3. The summed E-state index contributed by atoms with van der Waals surface area (Å²) in [4.78, 5) is 7.12. The lowest BCUT2D eigenvalue weighted by molar-refractivity contribution is 0.217. The van der Waals surface area contributed by atoms with Crippen LogP contribution in [0.1, 0.15) is 22.3 Å². The van der Waals surface area contributed by atoms with Gasteiger partial charge in [0.2, 0.25) is 0 Å². The first kappa shape index (κ1) is 20.8. The summed E-state index contributed by atoms with van der Waals surface area (Å²) < 4.78 is 12.6. The van der Waals surface area contributed by atoms with Crippen LogP contribution < -0.4 is 9.47 Å². The molecule has 0 spiro atoms. The van der Waals surface area contributed by atoms with E-state index in [9.17, 15) is 5.11 Å². The maximum Gasteiger partial charge on any atom is 0.165 e. The van der Waals surface area contributed by atoms with E-state index >= 15 is 0 Å². The fourth-order valence-corrected chi connectivity index (χ4v) is 5.24. The van der Waals surface area contributed by atoms with Gasteiger partial charge in [-0.3, -0.25) is 4.90 Å². The summed E-state index contributed by atoms with van der Waals surface area (Å²) in [7, 11) is 1.71. The van der Waals surface area contributed by atoms with Crippen molar-refractivity contribution >= 4 is 21.6 Å². The molecular formula is C26H26N2O3S. The number of phenolic OH excluding ortho intramolecular Hbond substituents is 1. The van der Waals surface area contributed by atoms with Crippen molar-refractivity contribution in [2.75, 3.05) is 20.3 Å². The Morgan fingerprint density at radius 2 is 1.97 bits per heavy atom. The predicted octanol–water partition coefficient (Wildman–Crippen LogP) is 5.69. The monoisotopic (exact) mass is 446 g/mol. The van der Waals surface area contributed by atoms with Gasteiger partial charge in [-0.15, -0.1) is 11.3 Å². The zero-order chi connectivity index (χ0) is 22.2. The number of rotatable bonds is 4. The number of para-hydroxylation sites is 1. The number of fused-ring (bicyclic) bond motifs is 2. The predicted molar refractivity (Wildman–Crippen MR) is 129 cm³/mol. The van der Waals surface area contributed by atoms with Crippen LogP contribution in [-0.2, 0) is 13.1 Å². The Balaban J connectivity index is 1.46. The minimum atomic E-state index is 0.176. The van der Waals surface area contributed by atoms with Crippen molar-refractivity contribution in [2.24, 2.45) is 0 Å². The summed E-state index contributed by atoms with van der Waals surface area (Å²) in [6.07, 6.45) is 0. The Hall–Kier alpha value is -3.09. The number of hydrogen-bond acceptors (Lipinski definition) is 6. The van der Waals surface area contributed by atoms with Crippen molar-refractivity contribution in [2.45, 2.75) is 26.9 Å². The van der Waals surface area contributed by atoms with E-state index in [4.69, 9.17) is 14.5 Å². The summed E-state index contributed by atoms with van der Waals surface area (Å²) in [6.45, 7) is 7.03. The highest BCUT2D eigenvalue weighted by Gasteiger charge is 2.21. The maximum absolute atomic E-state index is 10.7. The second-order valence-electron chi connectivity index (χ2n) is 8.28. The molecule has 164 valence electrons. The molecule has 0 bridgehead atoms. The van der Waals surface area contributed by atoms with Crippen LogP contribution in [0.2, 0.25) is 0 Å².